The molecule has 1 atom stereocenters. The zero-order valence-corrected chi connectivity index (χ0v) is 13.9. The standard InChI is InChI=1S/C19H17N3OS/c1-2-4-17-13(3-1)14-5-6-15-16(23-12-7-9-20-11-12)8-10-21-18(15)19(14)22-24-17/h1-6,8,10,12,20,22H,7,9,11H2. The van der Waals surface area contributed by atoms with Gasteiger partial charge in [-0.05, 0) is 48.7 Å². The monoisotopic (exact) mass is 335 g/mol. The van der Waals surface area contributed by atoms with E-state index in [9.17, 15) is 0 Å². The summed E-state index contributed by atoms with van der Waals surface area (Å²) in [6, 6.07) is 14.7. The summed E-state index contributed by atoms with van der Waals surface area (Å²) in [6.07, 6.45) is 3.14. The van der Waals surface area contributed by atoms with Crippen LogP contribution in [-0.2, 0) is 0 Å². The van der Waals surface area contributed by atoms with Crippen molar-refractivity contribution in [3.63, 3.8) is 0 Å². The molecule has 0 aliphatic carbocycles. The van der Waals surface area contributed by atoms with E-state index in [0.29, 0.717) is 0 Å². The molecule has 1 aromatic heterocycles. The molecule has 24 heavy (non-hydrogen) atoms. The molecule has 3 heterocycles. The number of pyridine rings is 1. The van der Waals surface area contributed by atoms with Crippen LogP contribution in [0, 0.1) is 0 Å². The van der Waals surface area contributed by atoms with E-state index in [1.807, 2.05) is 12.3 Å². The Morgan fingerprint density at radius 1 is 1.08 bits per heavy atom. The lowest BCUT2D eigenvalue weighted by Gasteiger charge is -2.22. The minimum Gasteiger partial charge on any atom is -0.488 e. The lowest BCUT2D eigenvalue weighted by Crippen LogP contribution is -2.19. The van der Waals surface area contributed by atoms with E-state index >= 15 is 0 Å². The maximum absolute atomic E-state index is 6.21. The van der Waals surface area contributed by atoms with Gasteiger partial charge in [0.05, 0.1) is 11.2 Å². The molecule has 2 aromatic carbocycles. The molecule has 0 bridgehead atoms. The number of hydrogen-bond acceptors (Lipinski definition) is 5. The molecule has 5 heteroatoms. The maximum Gasteiger partial charge on any atom is 0.130 e. The number of hydrogen-bond donors (Lipinski definition) is 2. The summed E-state index contributed by atoms with van der Waals surface area (Å²) in [5.41, 5.74) is 4.50. The Hall–Kier alpha value is -2.24. The highest BCUT2D eigenvalue weighted by Crippen LogP contribution is 2.45. The van der Waals surface area contributed by atoms with Crippen molar-refractivity contribution >= 4 is 28.5 Å². The molecule has 1 saturated heterocycles. The molecule has 2 N–H and O–H groups in total. The third-order valence-electron chi connectivity index (χ3n) is 4.62. The van der Waals surface area contributed by atoms with Crippen LogP contribution in [-0.4, -0.2) is 24.2 Å². The summed E-state index contributed by atoms with van der Waals surface area (Å²) >= 11 is 1.64. The predicted octanol–water partition coefficient (Wildman–Crippen LogP) is 4.08. The van der Waals surface area contributed by atoms with Crippen molar-refractivity contribution in [2.75, 3.05) is 17.8 Å². The van der Waals surface area contributed by atoms with Crippen molar-refractivity contribution in [3.8, 4) is 16.9 Å². The average Bonchev–Trinajstić information content (AvgIpc) is 3.14. The van der Waals surface area contributed by atoms with Crippen molar-refractivity contribution < 1.29 is 4.74 Å². The number of nitrogens with one attached hydrogen (secondary N) is 2. The first-order valence-electron chi connectivity index (χ1n) is 8.21. The summed E-state index contributed by atoms with van der Waals surface area (Å²) in [5, 5.41) is 4.41. The zero-order chi connectivity index (χ0) is 15.9. The van der Waals surface area contributed by atoms with Crippen LogP contribution in [0.25, 0.3) is 22.0 Å². The van der Waals surface area contributed by atoms with Crippen molar-refractivity contribution in [1.82, 2.24) is 10.3 Å². The summed E-state index contributed by atoms with van der Waals surface area (Å²) < 4.78 is 9.68. The van der Waals surface area contributed by atoms with Crippen molar-refractivity contribution in [3.05, 3.63) is 48.7 Å². The van der Waals surface area contributed by atoms with Gasteiger partial charge in [0.25, 0.3) is 0 Å². The molecule has 5 rings (SSSR count). The van der Waals surface area contributed by atoms with Crippen LogP contribution in [0.5, 0.6) is 5.75 Å². The molecular weight excluding hydrogens is 318 g/mol. The first-order valence-corrected chi connectivity index (χ1v) is 9.03. The summed E-state index contributed by atoms with van der Waals surface area (Å²) in [6.45, 7) is 1.94. The number of ether oxygens (including phenoxy) is 1. The fourth-order valence-corrected chi connectivity index (χ4v) is 4.27. The summed E-state index contributed by atoms with van der Waals surface area (Å²) in [4.78, 5) is 5.88. The molecular formula is C19H17N3OS. The molecule has 2 aliphatic heterocycles. The second-order valence-corrected chi connectivity index (χ2v) is 6.97. The van der Waals surface area contributed by atoms with Crippen molar-refractivity contribution in [2.45, 2.75) is 17.4 Å². The van der Waals surface area contributed by atoms with Gasteiger partial charge in [-0.15, -0.1) is 0 Å². The zero-order valence-electron chi connectivity index (χ0n) is 13.1. The third kappa shape index (κ3) is 2.24. The number of rotatable bonds is 2. The molecule has 0 amide bonds. The van der Waals surface area contributed by atoms with Crippen LogP contribution in [0.1, 0.15) is 6.42 Å². The molecule has 120 valence electrons. The van der Waals surface area contributed by atoms with E-state index < -0.39 is 0 Å². The van der Waals surface area contributed by atoms with Crippen LogP contribution >= 0.6 is 11.9 Å². The van der Waals surface area contributed by atoms with E-state index in [2.05, 4.69) is 51.4 Å². The Morgan fingerprint density at radius 2 is 2.04 bits per heavy atom. The number of anilines is 1. The fourth-order valence-electron chi connectivity index (χ4n) is 3.42. The first-order chi connectivity index (χ1) is 11.9. The normalized spacial score (nSPS) is 18.8. The van der Waals surface area contributed by atoms with Crippen LogP contribution in [0.4, 0.5) is 5.69 Å². The molecule has 4 nitrogen and oxygen atoms in total. The van der Waals surface area contributed by atoms with Gasteiger partial charge in [0.15, 0.2) is 0 Å². The van der Waals surface area contributed by atoms with Gasteiger partial charge in [0.2, 0.25) is 0 Å². The quantitative estimate of drug-likeness (QED) is 0.691. The van der Waals surface area contributed by atoms with E-state index in [1.165, 1.54) is 16.0 Å². The Morgan fingerprint density at radius 3 is 2.96 bits per heavy atom. The van der Waals surface area contributed by atoms with Crippen molar-refractivity contribution in [1.29, 1.82) is 0 Å². The number of benzene rings is 2. The molecule has 3 aromatic rings. The minimum absolute atomic E-state index is 0.245. The summed E-state index contributed by atoms with van der Waals surface area (Å²) in [7, 11) is 0. The lowest BCUT2D eigenvalue weighted by molar-refractivity contribution is 0.226. The molecule has 2 aliphatic rings. The van der Waals surface area contributed by atoms with Crippen molar-refractivity contribution in [2.24, 2.45) is 0 Å². The Bertz CT molecular complexity index is 922. The first kappa shape index (κ1) is 14.1. The van der Waals surface area contributed by atoms with Crippen LogP contribution < -0.4 is 14.8 Å². The Kier molecular flexibility index (Phi) is 3.35. The highest BCUT2D eigenvalue weighted by Gasteiger charge is 2.21. The topological polar surface area (TPSA) is 46.2 Å². The van der Waals surface area contributed by atoms with E-state index in [-0.39, 0.29) is 6.10 Å². The molecule has 1 unspecified atom stereocenters. The van der Waals surface area contributed by atoms with Crippen LogP contribution in [0.15, 0.2) is 53.6 Å². The van der Waals surface area contributed by atoms with Gasteiger partial charge in [-0.25, -0.2) is 0 Å². The van der Waals surface area contributed by atoms with E-state index in [0.717, 1.165) is 41.9 Å². The second-order valence-electron chi connectivity index (χ2n) is 6.13. The largest absolute Gasteiger partial charge is 0.488 e. The van der Waals surface area contributed by atoms with E-state index in [4.69, 9.17) is 4.74 Å². The van der Waals surface area contributed by atoms with Gasteiger partial charge >= 0.3 is 0 Å². The average molecular weight is 335 g/mol. The Labute approximate surface area is 144 Å². The predicted molar refractivity (Wildman–Crippen MR) is 98.6 cm³/mol. The molecule has 0 spiro atoms. The molecule has 0 radical (unpaired) electrons. The van der Waals surface area contributed by atoms with Crippen LogP contribution in [0.2, 0.25) is 0 Å². The second kappa shape index (κ2) is 5.69. The van der Waals surface area contributed by atoms with E-state index in [1.54, 1.807) is 11.9 Å². The smallest absolute Gasteiger partial charge is 0.130 e. The van der Waals surface area contributed by atoms with Gasteiger partial charge in [0, 0.05) is 28.6 Å². The van der Waals surface area contributed by atoms with Gasteiger partial charge in [0.1, 0.15) is 11.9 Å². The fraction of sp³-hybridized carbons (Fsp3) is 0.211. The minimum atomic E-state index is 0.245. The number of aromatic nitrogens is 1. The highest BCUT2D eigenvalue weighted by molar-refractivity contribution is 8.00. The third-order valence-corrected chi connectivity index (χ3v) is 5.50. The summed E-state index contributed by atoms with van der Waals surface area (Å²) in [5.74, 6) is 0.919. The van der Waals surface area contributed by atoms with Gasteiger partial charge in [-0.2, -0.15) is 0 Å². The van der Waals surface area contributed by atoms with Gasteiger partial charge in [-0.1, -0.05) is 24.3 Å². The highest BCUT2D eigenvalue weighted by atomic mass is 32.2. The maximum atomic E-state index is 6.21. The number of nitrogens with zero attached hydrogens (tertiary/aromatic N) is 1. The van der Waals surface area contributed by atoms with Gasteiger partial charge in [-0.3, -0.25) is 4.98 Å². The van der Waals surface area contributed by atoms with Crippen LogP contribution in [0.3, 0.4) is 0 Å². The molecule has 0 saturated carbocycles. The number of fused-ring (bicyclic) bond motifs is 5. The van der Waals surface area contributed by atoms with Gasteiger partial charge < -0.3 is 14.8 Å². The lowest BCUT2D eigenvalue weighted by atomic mass is 10.0. The SMILES string of the molecule is c1ccc2c(c1)SNc1c-2ccc2c(OC3CCNC3)ccnc12. The molecule has 1 fully saturated rings. The Balaban J connectivity index is 1.64.